The summed E-state index contributed by atoms with van der Waals surface area (Å²) >= 11 is 0. The van der Waals surface area contributed by atoms with Crippen molar-refractivity contribution in [2.75, 3.05) is 18.8 Å². The molecule has 0 radical (unpaired) electrons. The Morgan fingerprint density at radius 1 is 1.18 bits per heavy atom. The van der Waals surface area contributed by atoms with E-state index in [0.717, 1.165) is 30.5 Å². The number of carbonyl (C=O) groups excluding carboxylic acids is 2. The van der Waals surface area contributed by atoms with Gasteiger partial charge in [-0.25, -0.2) is 9.48 Å². The highest BCUT2D eigenvalue weighted by Crippen LogP contribution is 2.55. The number of nitrogens with zero attached hydrogens (tertiary/aromatic N) is 5. The van der Waals surface area contributed by atoms with Gasteiger partial charge in [0.15, 0.2) is 0 Å². The molecule has 2 amide bonds. The number of aryl methyl sites for hydroxylation is 1. The monoisotopic (exact) mass is 545 g/mol. The SMILES string of the molecule is Cc1nn(Cc2cccc(C3CC3)c2)cc1-c1nn(C2CC3(CCN(C(=O)OC(C)(C)C)C3)C2)c(N)c1C(N)=O. The summed E-state index contributed by atoms with van der Waals surface area (Å²) in [5.41, 5.74) is 16.6. The number of amides is 2. The van der Waals surface area contributed by atoms with E-state index in [9.17, 15) is 9.59 Å². The van der Waals surface area contributed by atoms with Crippen molar-refractivity contribution in [2.45, 2.75) is 83.9 Å². The first-order valence-electron chi connectivity index (χ1n) is 14.2. The molecule has 2 saturated carbocycles. The van der Waals surface area contributed by atoms with E-state index in [1.54, 1.807) is 9.58 Å². The van der Waals surface area contributed by atoms with Gasteiger partial charge in [-0.05, 0) is 82.3 Å². The minimum Gasteiger partial charge on any atom is -0.444 e. The summed E-state index contributed by atoms with van der Waals surface area (Å²) in [4.78, 5) is 26.9. The average Bonchev–Trinajstić information content (AvgIpc) is 3.36. The van der Waals surface area contributed by atoms with Crippen molar-refractivity contribution in [1.82, 2.24) is 24.5 Å². The zero-order valence-electron chi connectivity index (χ0n) is 23.8. The van der Waals surface area contributed by atoms with Crippen molar-refractivity contribution in [3.05, 3.63) is 52.8 Å². The highest BCUT2D eigenvalue weighted by atomic mass is 16.6. The van der Waals surface area contributed by atoms with Crippen LogP contribution < -0.4 is 11.5 Å². The molecule has 1 aromatic carbocycles. The molecule has 3 aromatic rings. The number of hydrogen-bond acceptors (Lipinski definition) is 6. The van der Waals surface area contributed by atoms with Crippen LogP contribution in [0.4, 0.5) is 10.6 Å². The van der Waals surface area contributed by atoms with Crippen molar-refractivity contribution < 1.29 is 14.3 Å². The lowest BCUT2D eigenvalue weighted by atomic mass is 9.65. The fourth-order valence-corrected chi connectivity index (χ4v) is 6.40. The molecule has 40 heavy (non-hydrogen) atoms. The molecular formula is C30H39N7O3. The van der Waals surface area contributed by atoms with Crippen LogP contribution in [0, 0.1) is 12.3 Å². The third-order valence-electron chi connectivity index (χ3n) is 8.51. The van der Waals surface area contributed by atoms with E-state index < -0.39 is 11.5 Å². The van der Waals surface area contributed by atoms with Gasteiger partial charge in [-0.1, -0.05) is 24.3 Å². The van der Waals surface area contributed by atoms with Gasteiger partial charge in [0, 0.05) is 24.8 Å². The first-order chi connectivity index (χ1) is 18.9. The van der Waals surface area contributed by atoms with Crippen molar-refractivity contribution in [2.24, 2.45) is 11.1 Å². The lowest BCUT2D eigenvalue weighted by Crippen LogP contribution is -2.43. The summed E-state index contributed by atoms with van der Waals surface area (Å²) < 4.78 is 9.21. The maximum Gasteiger partial charge on any atom is 0.410 e. The minimum atomic E-state index is -0.603. The largest absolute Gasteiger partial charge is 0.444 e. The molecule has 3 fully saturated rings. The normalized spacial score (nSPS) is 22.5. The predicted molar refractivity (Wildman–Crippen MR) is 152 cm³/mol. The first-order valence-corrected chi connectivity index (χ1v) is 14.2. The van der Waals surface area contributed by atoms with Gasteiger partial charge in [0.05, 0.1) is 18.3 Å². The highest BCUT2D eigenvalue weighted by molar-refractivity contribution is 6.03. The standard InChI is InChI=1S/C30H39N7O3/c1-18-23(16-36(33-18)15-19-6-5-7-21(12-19)20-8-9-20)25-24(27(32)38)26(31)37(34-25)22-13-30(14-22)10-11-35(17-30)28(39)40-29(2,3)4/h5-7,12,16,20,22H,8-11,13-15,17,31H2,1-4H3,(H2,32,38). The molecule has 212 valence electrons. The van der Waals surface area contributed by atoms with Crippen LogP contribution in [-0.4, -0.2) is 55.2 Å². The second-order valence-corrected chi connectivity index (χ2v) is 13.0. The number of anilines is 1. The van der Waals surface area contributed by atoms with Gasteiger partial charge >= 0.3 is 6.09 Å². The quantitative estimate of drug-likeness (QED) is 0.464. The Balaban J connectivity index is 1.20. The molecule has 10 heteroatoms. The summed E-state index contributed by atoms with van der Waals surface area (Å²) in [5, 5.41) is 9.56. The number of benzene rings is 1. The first kappa shape index (κ1) is 26.4. The molecule has 10 nitrogen and oxygen atoms in total. The predicted octanol–water partition coefficient (Wildman–Crippen LogP) is 4.62. The van der Waals surface area contributed by atoms with E-state index in [-0.39, 0.29) is 28.9 Å². The van der Waals surface area contributed by atoms with Crippen molar-refractivity contribution in [1.29, 1.82) is 0 Å². The summed E-state index contributed by atoms with van der Waals surface area (Å²) in [6, 6.07) is 8.71. The molecule has 1 aliphatic heterocycles. The number of primary amides is 1. The molecule has 0 unspecified atom stereocenters. The van der Waals surface area contributed by atoms with E-state index in [4.69, 9.17) is 26.4 Å². The molecule has 4 N–H and O–H groups in total. The molecule has 2 aromatic heterocycles. The summed E-state index contributed by atoms with van der Waals surface area (Å²) in [7, 11) is 0. The molecule has 3 heterocycles. The van der Waals surface area contributed by atoms with Crippen LogP contribution in [0.25, 0.3) is 11.3 Å². The number of nitrogens with two attached hydrogens (primary N) is 2. The number of aromatic nitrogens is 4. The number of hydrogen-bond donors (Lipinski definition) is 2. The number of ether oxygens (including phenoxy) is 1. The average molecular weight is 546 g/mol. The molecule has 6 rings (SSSR count). The maximum atomic E-state index is 12.6. The van der Waals surface area contributed by atoms with Crippen LogP contribution in [0.15, 0.2) is 30.5 Å². The summed E-state index contributed by atoms with van der Waals surface area (Å²) in [5.74, 6) is 0.373. The number of likely N-dealkylation sites (tertiary alicyclic amines) is 1. The van der Waals surface area contributed by atoms with Gasteiger partial charge in [0.25, 0.3) is 5.91 Å². The minimum absolute atomic E-state index is 0.0167. The van der Waals surface area contributed by atoms with Crippen LogP contribution in [0.5, 0.6) is 0 Å². The topological polar surface area (TPSA) is 134 Å². The Labute approximate surface area is 234 Å². The molecule has 0 atom stereocenters. The van der Waals surface area contributed by atoms with Crippen LogP contribution in [0.2, 0.25) is 0 Å². The summed E-state index contributed by atoms with van der Waals surface area (Å²) in [6.07, 6.45) is 6.74. The number of carbonyl (C=O) groups is 2. The van der Waals surface area contributed by atoms with Crippen molar-refractivity contribution in [3.8, 4) is 11.3 Å². The van der Waals surface area contributed by atoms with E-state index in [0.29, 0.717) is 31.2 Å². The zero-order chi connectivity index (χ0) is 28.4. The van der Waals surface area contributed by atoms with Gasteiger partial charge in [-0.2, -0.15) is 10.2 Å². The summed E-state index contributed by atoms with van der Waals surface area (Å²) in [6.45, 7) is 9.50. The lowest BCUT2D eigenvalue weighted by molar-refractivity contribution is 0.0187. The van der Waals surface area contributed by atoms with Gasteiger partial charge < -0.3 is 21.1 Å². The molecule has 2 aliphatic carbocycles. The zero-order valence-corrected chi connectivity index (χ0v) is 23.8. The molecule has 3 aliphatic rings. The Morgan fingerprint density at radius 2 is 1.93 bits per heavy atom. The second-order valence-electron chi connectivity index (χ2n) is 13.0. The smallest absolute Gasteiger partial charge is 0.410 e. The lowest BCUT2D eigenvalue weighted by Gasteiger charge is -2.45. The van der Waals surface area contributed by atoms with E-state index in [1.807, 2.05) is 38.6 Å². The molecule has 1 spiro atoms. The Morgan fingerprint density at radius 3 is 2.60 bits per heavy atom. The van der Waals surface area contributed by atoms with Crippen LogP contribution in [0.1, 0.15) is 92.0 Å². The van der Waals surface area contributed by atoms with Crippen LogP contribution in [-0.2, 0) is 11.3 Å². The van der Waals surface area contributed by atoms with Gasteiger partial charge in [0.2, 0.25) is 0 Å². The van der Waals surface area contributed by atoms with Gasteiger partial charge in [-0.3, -0.25) is 9.48 Å². The van der Waals surface area contributed by atoms with E-state index in [1.165, 1.54) is 24.0 Å². The number of nitrogen functional groups attached to an aromatic ring is 1. The third kappa shape index (κ3) is 4.95. The van der Waals surface area contributed by atoms with Gasteiger partial charge in [0.1, 0.15) is 22.7 Å². The highest BCUT2D eigenvalue weighted by Gasteiger charge is 2.51. The van der Waals surface area contributed by atoms with Gasteiger partial charge in [-0.15, -0.1) is 0 Å². The fourth-order valence-electron chi connectivity index (χ4n) is 6.40. The molecule has 0 bridgehead atoms. The van der Waals surface area contributed by atoms with Crippen molar-refractivity contribution in [3.63, 3.8) is 0 Å². The molecule has 1 saturated heterocycles. The van der Waals surface area contributed by atoms with E-state index in [2.05, 4.69) is 24.3 Å². The van der Waals surface area contributed by atoms with E-state index >= 15 is 0 Å². The fraction of sp³-hybridized carbons (Fsp3) is 0.533. The third-order valence-corrected chi connectivity index (χ3v) is 8.51. The van der Waals surface area contributed by atoms with Crippen molar-refractivity contribution >= 4 is 17.8 Å². The number of rotatable bonds is 6. The van der Waals surface area contributed by atoms with Crippen LogP contribution in [0.3, 0.4) is 0 Å². The van der Waals surface area contributed by atoms with Crippen LogP contribution >= 0.6 is 0 Å². The Bertz CT molecular complexity index is 1470. The molecular weight excluding hydrogens is 506 g/mol. The Kier molecular flexibility index (Phi) is 6.19. The maximum absolute atomic E-state index is 12.6. The second kappa shape index (κ2) is 9.38. The Hall–Kier alpha value is -3.82.